The molecule has 0 bridgehead atoms. The number of aliphatic hydroxyl groups excluding tert-OH is 1. The number of hydrogen-bond acceptors (Lipinski definition) is 4. The molecule has 5 heteroatoms. The molecule has 1 aromatic carbocycles. The fraction of sp³-hybridized carbons (Fsp3) is 0.111. The molecule has 1 N–H and O–H groups in total. The van der Waals surface area contributed by atoms with Crippen LogP contribution in [0.5, 0.6) is 0 Å². The predicted octanol–water partition coefficient (Wildman–Crippen LogP) is 2.35. The van der Waals surface area contributed by atoms with Crippen molar-refractivity contribution in [1.29, 1.82) is 0 Å². The Morgan fingerprint density at radius 1 is 1.36 bits per heavy atom. The van der Waals surface area contributed by atoms with E-state index in [0.717, 1.165) is 5.56 Å². The topological polar surface area (TPSA) is 46.0 Å². The second-order valence-corrected chi connectivity index (χ2v) is 3.89. The Morgan fingerprint density at radius 3 is 2.79 bits per heavy atom. The van der Waals surface area contributed by atoms with Crippen LogP contribution in [0.1, 0.15) is 5.01 Å². The molecule has 0 fully saturated rings. The van der Waals surface area contributed by atoms with Crippen LogP contribution in [-0.2, 0) is 6.61 Å². The lowest BCUT2D eigenvalue weighted by molar-refractivity contribution is 0.281. The molecule has 0 aliphatic rings. The van der Waals surface area contributed by atoms with Gasteiger partial charge in [0.05, 0.1) is 11.6 Å². The number of benzene rings is 1. The first-order chi connectivity index (χ1) is 6.81. The van der Waals surface area contributed by atoms with E-state index in [1.54, 1.807) is 6.07 Å². The summed E-state index contributed by atoms with van der Waals surface area (Å²) in [5.41, 5.74) is 0.796. The Morgan fingerprint density at radius 2 is 2.14 bits per heavy atom. The summed E-state index contributed by atoms with van der Waals surface area (Å²) >= 11 is 7.16. The quantitative estimate of drug-likeness (QED) is 0.855. The molecule has 0 aliphatic heterocycles. The maximum Gasteiger partial charge on any atom is 0.174 e. The Hall–Kier alpha value is -0.970. The van der Waals surface area contributed by atoms with E-state index in [4.69, 9.17) is 16.7 Å². The minimum absolute atomic E-state index is 0.0812. The molecule has 2 rings (SSSR count). The van der Waals surface area contributed by atoms with Gasteiger partial charge in [0, 0.05) is 5.56 Å². The first-order valence-electron chi connectivity index (χ1n) is 3.99. The van der Waals surface area contributed by atoms with Crippen LogP contribution in [0.4, 0.5) is 0 Å². The van der Waals surface area contributed by atoms with E-state index < -0.39 is 0 Å². The lowest BCUT2D eigenvalue weighted by Crippen LogP contribution is -1.83. The zero-order valence-corrected chi connectivity index (χ0v) is 8.72. The third-order valence-corrected chi connectivity index (χ3v) is 2.74. The molecule has 2 aromatic rings. The van der Waals surface area contributed by atoms with Crippen molar-refractivity contribution >= 4 is 23.1 Å². The van der Waals surface area contributed by atoms with Gasteiger partial charge in [0.15, 0.2) is 5.82 Å². The maximum absolute atomic E-state index is 8.84. The lowest BCUT2D eigenvalue weighted by atomic mass is 10.2. The van der Waals surface area contributed by atoms with E-state index in [0.29, 0.717) is 15.9 Å². The molecule has 1 aromatic heterocycles. The molecule has 0 unspecified atom stereocenters. The molecule has 14 heavy (non-hydrogen) atoms. The van der Waals surface area contributed by atoms with Crippen LogP contribution in [0.25, 0.3) is 11.4 Å². The van der Waals surface area contributed by atoms with Crippen LogP contribution in [0.3, 0.4) is 0 Å². The molecule has 0 saturated heterocycles. The highest BCUT2D eigenvalue weighted by atomic mass is 35.5. The highest BCUT2D eigenvalue weighted by Crippen LogP contribution is 2.25. The SMILES string of the molecule is OCc1nc(-c2ccccc2Cl)ns1. The number of hydrogen-bond donors (Lipinski definition) is 1. The van der Waals surface area contributed by atoms with Gasteiger partial charge in [0.1, 0.15) is 5.01 Å². The van der Waals surface area contributed by atoms with Crippen molar-refractivity contribution in [3.05, 3.63) is 34.3 Å². The predicted molar refractivity (Wildman–Crippen MR) is 56.3 cm³/mol. The molecule has 0 radical (unpaired) electrons. The summed E-state index contributed by atoms with van der Waals surface area (Å²) in [5.74, 6) is 0.574. The molecule has 0 aliphatic carbocycles. The van der Waals surface area contributed by atoms with Crippen LogP contribution < -0.4 is 0 Å². The van der Waals surface area contributed by atoms with E-state index in [9.17, 15) is 0 Å². The smallest absolute Gasteiger partial charge is 0.174 e. The number of nitrogens with zero attached hydrogens (tertiary/aromatic N) is 2. The fourth-order valence-corrected chi connectivity index (χ4v) is 1.81. The van der Waals surface area contributed by atoms with Gasteiger partial charge in [-0.2, -0.15) is 4.37 Å². The Labute approximate surface area is 90.2 Å². The number of halogens is 1. The van der Waals surface area contributed by atoms with E-state index in [1.165, 1.54) is 11.5 Å². The van der Waals surface area contributed by atoms with E-state index in [-0.39, 0.29) is 6.61 Å². The molecule has 0 amide bonds. The second kappa shape index (κ2) is 4.04. The Bertz CT molecular complexity index is 444. The molecule has 72 valence electrons. The van der Waals surface area contributed by atoms with E-state index >= 15 is 0 Å². The zero-order chi connectivity index (χ0) is 9.97. The van der Waals surface area contributed by atoms with E-state index in [2.05, 4.69) is 9.36 Å². The van der Waals surface area contributed by atoms with Gasteiger partial charge in [0.25, 0.3) is 0 Å². The highest BCUT2D eigenvalue weighted by molar-refractivity contribution is 7.05. The summed E-state index contributed by atoms with van der Waals surface area (Å²) < 4.78 is 4.10. The maximum atomic E-state index is 8.84. The van der Waals surface area contributed by atoms with Crippen molar-refractivity contribution in [2.75, 3.05) is 0 Å². The largest absolute Gasteiger partial charge is 0.389 e. The van der Waals surface area contributed by atoms with Gasteiger partial charge in [-0.3, -0.25) is 0 Å². The van der Waals surface area contributed by atoms with Crippen LogP contribution in [0, 0.1) is 0 Å². The second-order valence-electron chi connectivity index (χ2n) is 2.65. The van der Waals surface area contributed by atoms with Gasteiger partial charge in [-0.25, -0.2) is 4.98 Å². The molecule has 3 nitrogen and oxygen atoms in total. The standard InChI is InChI=1S/C9H7ClN2OS/c10-7-4-2-1-3-6(7)9-11-8(5-13)14-12-9/h1-4,13H,5H2. The normalized spacial score (nSPS) is 10.4. The van der Waals surface area contributed by atoms with Crippen LogP contribution in [0.2, 0.25) is 5.02 Å². The molecule has 0 spiro atoms. The van der Waals surface area contributed by atoms with E-state index in [1.807, 2.05) is 18.2 Å². The van der Waals surface area contributed by atoms with Gasteiger partial charge in [-0.05, 0) is 23.7 Å². The summed E-state index contributed by atoms with van der Waals surface area (Å²) in [6.07, 6.45) is 0. The van der Waals surface area contributed by atoms with Crippen molar-refractivity contribution in [2.45, 2.75) is 6.61 Å². The monoisotopic (exact) mass is 226 g/mol. The number of aromatic nitrogens is 2. The van der Waals surface area contributed by atoms with Gasteiger partial charge in [-0.1, -0.05) is 23.7 Å². The van der Waals surface area contributed by atoms with Crippen LogP contribution in [-0.4, -0.2) is 14.5 Å². The summed E-state index contributed by atoms with van der Waals surface area (Å²) in [4.78, 5) is 4.13. The summed E-state index contributed by atoms with van der Waals surface area (Å²) in [5, 5.41) is 10.1. The zero-order valence-electron chi connectivity index (χ0n) is 7.14. The highest BCUT2D eigenvalue weighted by Gasteiger charge is 2.08. The van der Waals surface area contributed by atoms with Gasteiger partial charge in [0.2, 0.25) is 0 Å². The summed E-state index contributed by atoms with van der Waals surface area (Å²) in [7, 11) is 0. The average Bonchev–Trinajstić information content (AvgIpc) is 2.67. The molecular formula is C9H7ClN2OS. The average molecular weight is 227 g/mol. The van der Waals surface area contributed by atoms with Crippen LogP contribution >= 0.6 is 23.1 Å². The number of rotatable bonds is 2. The Balaban J connectivity index is 2.44. The van der Waals surface area contributed by atoms with Crippen molar-refractivity contribution < 1.29 is 5.11 Å². The minimum atomic E-state index is -0.0812. The van der Waals surface area contributed by atoms with Gasteiger partial charge < -0.3 is 5.11 Å². The Kier molecular flexibility index (Phi) is 2.77. The van der Waals surface area contributed by atoms with Crippen molar-refractivity contribution in [3.8, 4) is 11.4 Å². The number of aliphatic hydroxyl groups is 1. The fourth-order valence-electron chi connectivity index (χ4n) is 1.07. The first-order valence-corrected chi connectivity index (χ1v) is 5.14. The summed E-state index contributed by atoms with van der Waals surface area (Å²) in [6.45, 7) is -0.0812. The van der Waals surface area contributed by atoms with Gasteiger partial charge >= 0.3 is 0 Å². The third kappa shape index (κ3) is 1.77. The molecule has 0 saturated carbocycles. The van der Waals surface area contributed by atoms with Crippen molar-refractivity contribution in [3.63, 3.8) is 0 Å². The molecular weight excluding hydrogens is 220 g/mol. The third-order valence-electron chi connectivity index (χ3n) is 1.72. The first kappa shape index (κ1) is 9.58. The molecule has 0 atom stereocenters. The van der Waals surface area contributed by atoms with Crippen molar-refractivity contribution in [1.82, 2.24) is 9.36 Å². The van der Waals surface area contributed by atoms with Gasteiger partial charge in [-0.15, -0.1) is 0 Å². The minimum Gasteiger partial charge on any atom is -0.389 e. The molecule has 1 heterocycles. The summed E-state index contributed by atoms with van der Waals surface area (Å²) in [6, 6.07) is 7.37. The lowest BCUT2D eigenvalue weighted by Gasteiger charge is -1.96. The van der Waals surface area contributed by atoms with Crippen molar-refractivity contribution in [2.24, 2.45) is 0 Å². The van der Waals surface area contributed by atoms with Crippen LogP contribution in [0.15, 0.2) is 24.3 Å².